The SMILES string of the molecule is C[C@H](C(=O)NC1CCCCC1)N(Cc1ccc(Cl)c(Cl)c1)C(=O)CCCN(c1cc(Cl)ccc1Cl)S(C)(=O)=O. The highest BCUT2D eigenvalue weighted by atomic mass is 35.5. The van der Waals surface area contributed by atoms with Crippen molar-refractivity contribution in [3.63, 3.8) is 0 Å². The maximum absolute atomic E-state index is 13.5. The Morgan fingerprint density at radius 2 is 1.64 bits per heavy atom. The molecule has 0 spiro atoms. The molecule has 1 saturated carbocycles. The average Bonchev–Trinajstić information content (AvgIpc) is 2.88. The van der Waals surface area contributed by atoms with E-state index in [1.807, 2.05) is 0 Å². The van der Waals surface area contributed by atoms with Gasteiger partial charge in [-0.15, -0.1) is 0 Å². The zero-order valence-corrected chi connectivity index (χ0v) is 25.8. The number of carbonyl (C=O) groups is 2. The summed E-state index contributed by atoms with van der Waals surface area (Å²) in [6.45, 7) is 1.85. The second kappa shape index (κ2) is 14.3. The Balaban J connectivity index is 1.76. The van der Waals surface area contributed by atoms with E-state index in [0.717, 1.165) is 48.2 Å². The fraction of sp³-hybridized carbons (Fsp3) is 0.481. The Bertz CT molecular complexity index is 1290. The van der Waals surface area contributed by atoms with Crippen molar-refractivity contribution in [3.8, 4) is 0 Å². The minimum Gasteiger partial charge on any atom is -0.352 e. The molecular weight excluding hydrogens is 604 g/mol. The highest BCUT2D eigenvalue weighted by Gasteiger charge is 2.29. The summed E-state index contributed by atoms with van der Waals surface area (Å²) in [7, 11) is -3.70. The lowest BCUT2D eigenvalue weighted by Gasteiger charge is -2.31. The lowest BCUT2D eigenvalue weighted by molar-refractivity contribution is -0.141. The topological polar surface area (TPSA) is 86.8 Å². The number of benzene rings is 2. The van der Waals surface area contributed by atoms with Gasteiger partial charge in [0.2, 0.25) is 21.8 Å². The molecular formula is C27H33Cl4N3O4S. The number of amides is 2. The lowest BCUT2D eigenvalue weighted by Crippen LogP contribution is -2.50. The highest BCUT2D eigenvalue weighted by molar-refractivity contribution is 7.92. The molecule has 1 N–H and O–H groups in total. The molecule has 2 amide bonds. The molecule has 1 fully saturated rings. The van der Waals surface area contributed by atoms with Crippen molar-refractivity contribution < 1.29 is 18.0 Å². The van der Waals surface area contributed by atoms with Gasteiger partial charge in [0.25, 0.3) is 0 Å². The van der Waals surface area contributed by atoms with Crippen LogP contribution in [0.25, 0.3) is 0 Å². The number of anilines is 1. The number of nitrogens with zero attached hydrogens (tertiary/aromatic N) is 2. The molecule has 214 valence electrons. The van der Waals surface area contributed by atoms with Crippen LogP contribution >= 0.6 is 46.4 Å². The van der Waals surface area contributed by atoms with E-state index in [1.54, 1.807) is 31.2 Å². The predicted molar refractivity (Wildman–Crippen MR) is 159 cm³/mol. The molecule has 0 radical (unpaired) electrons. The summed E-state index contributed by atoms with van der Waals surface area (Å²) < 4.78 is 26.2. The van der Waals surface area contributed by atoms with Crippen molar-refractivity contribution >= 4 is 73.9 Å². The van der Waals surface area contributed by atoms with E-state index in [2.05, 4.69) is 5.32 Å². The fourth-order valence-electron chi connectivity index (χ4n) is 4.65. The van der Waals surface area contributed by atoms with Gasteiger partial charge in [-0.1, -0.05) is 71.7 Å². The summed E-state index contributed by atoms with van der Waals surface area (Å²) in [6.07, 6.45) is 6.42. The average molecular weight is 637 g/mol. The summed E-state index contributed by atoms with van der Waals surface area (Å²) in [6, 6.07) is 8.99. The van der Waals surface area contributed by atoms with Crippen LogP contribution in [0.5, 0.6) is 0 Å². The van der Waals surface area contributed by atoms with Gasteiger partial charge in [0.1, 0.15) is 6.04 Å². The summed E-state index contributed by atoms with van der Waals surface area (Å²) in [4.78, 5) is 28.2. The molecule has 1 aliphatic rings. The second-order valence-electron chi connectivity index (χ2n) is 9.82. The third-order valence-corrected chi connectivity index (χ3v) is 9.26. The molecule has 2 aromatic rings. The molecule has 39 heavy (non-hydrogen) atoms. The number of carbonyl (C=O) groups excluding carboxylic acids is 2. The van der Waals surface area contributed by atoms with E-state index in [1.165, 1.54) is 17.0 Å². The zero-order valence-electron chi connectivity index (χ0n) is 21.9. The van der Waals surface area contributed by atoms with E-state index in [0.29, 0.717) is 15.1 Å². The minimum atomic E-state index is -3.70. The van der Waals surface area contributed by atoms with Crippen molar-refractivity contribution in [3.05, 3.63) is 62.1 Å². The highest BCUT2D eigenvalue weighted by Crippen LogP contribution is 2.31. The molecule has 0 saturated heterocycles. The smallest absolute Gasteiger partial charge is 0.242 e. The van der Waals surface area contributed by atoms with Crippen LogP contribution in [0, 0.1) is 0 Å². The van der Waals surface area contributed by atoms with Crippen LogP contribution in [0.1, 0.15) is 57.4 Å². The van der Waals surface area contributed by atoms with Crippen molar-refractivity contribution in [2.45, 2.75) is 70.5 Å². The Labute approximate surface area is 250 Å². The summed E-state index contributed by atoms with van der Waals surface area (Å²) in [5.74, 6) is -0.517. The molecule has 12 heteroatoms. The largest absolute Gasteiger partial charge is 0.352 e. The number of hydrogen-bond acceptors (Lipinski definition) is 4. The number of nitrogens with one attached hydrogen (secondary N) is 1. The Morgan fingerprint density at radius 1 is 0.974 bits per heavy atom. The van der Waals surface area contributed by atoms with Crippen LogP contribution in [-0.2, 0) is 26.2 Å². The van der Waals surface area contributed by atoms with Crippen molar-refractivity contribution in [2.24, 2.45) is 0 Å². The number of rotatable bonds is 11. The molecule has 0 bridgehead atoms. The Hall–Kier alpha value is -1.71. The zero-order chi connectivity index (χ0) is 28.7. The Morgan fingerprint density at radius 3 is 2.28 bits per heavy atom. The molecule has 0 heterocycles. The van der Waals surface area contributed by atoms with E-state index < -0.39 is 16.1 Å². The molecule has 3 rings (SSSR count). The molecule has 7 nitrogen and oxygen atoms in total. The second-order valence-corrected chi connectivity index (χ2v) is 13.4. The molecule has 0 aromatic heterocycles. The van der Waals surface area contributed by atoms with Gasteiger partial charge in [-0.25, -0.2) is 8.42 Å². The van der Waals surface area contributed by atoms with Gasteiger partial charge in [0.15, 0.2) is 0 Å². The lowest BCUT2D eigenvalue weighted by atomic mass is 9.95. The van der Waals surface area contributed by atoms with Gasteiger partial charge in [-0.2, -0.15) is 0 Å². The standard InChI is InChI=1S/C27H33Cl4N3O4S/c1-18(27(36)32-21-7-4-3-5-8-21)33(17-19-10-12-22(29)24(31)15-19)26(35)9-6-14-34(39(2,37)38)25-16-20(28)11-13-23(25)30/h10-13,15-16,18,21H,3-9,14,17H2,1-2H3,(H,32,36)/t18-/m1/s1. The third-order valence-electron chi connectivity index (χ3n) is 6.78. The van der Waals surface area contributed by atoms with Gasteiger partial charge in [0.05, 0.1) is 27.0 Å². The number of hydrogen-bond donors (Lipinski definition) is 1. The van der Waals surface area contributed by atoms with Gasteiger partial charge < -0.3 is 10.2 Å². The van der Waals surface area contributed by atoms with E-state index in [-0.39, 0.29) is 54.5 Å². The molecule has 1 aliphatic carbocycles. The van der Waals surface area contributed by atoms with Crippen LogP contribution in [0.2, 0.25) is 20.1 Å². The summed E-state index contributed by atoms with van der Waals surface area (Å²) >= 11 is 24.6. The molecule has 1 atom stereocenters. The van der Waals surface area contributed by atoms with Crippen LogP contribution in [0.3, 0.4) is 0 Å². The van der Waals surface area contributed by atoms with E-state index in [4.69, 9.17) is 46.4 Å². The van der Waals surface area contributed by atoms with Crippen LogP contribution in [-0.4, -0.2) is 50.0 Å². The van der Waals surface area contributed by atoms with E-state index in [9.17, 15) is 18.0 Å². The first-order valence-electron chi connectivity index (χ1n) is 12.8. The maximum Gasteiger partial charge on any atom is 0.242 e. The maximum atomic E-state index is 13.5. The number of sulfonamides is 1. The first-order chi connectivity index (χ1) is 18.4. The van der Waals surface area contributed by atoms with Gasteiger partial charge in [-0.05, 0) is 62.1 Å². The summed E-state index contributed by atoms with van der Waals surface area (Å²) in [5, 5.41) is 4.40. The van der Waals surface area contributed by atoms with Crippen LogP contribution in [0.4, 0.5) is 5.69 Å². The van der Waals surface area contributed by atoms with Gasteiger partial charge >= 0.3 is 0 Å². The monoisotopic (exact) mass is 635 g/mol. The first kappa shape index (κ1) is 31.8. The Kier molecular flexibility index (Phi) is 11.6. The molecule has 0 aliphatic heterocycles. The molecule has 2 aromatic carbocycles. The number of halogens is 4. The first-order valence-corrected chi connectivity index (χ1v) is 16.2. The normalized spacial score (nSPS) is 15.0. The fourth-order valence-corrected chi connectivity index (χ4v) is 6.37. The summed E-state index contributed by atoms with van der Waals surface area (Å²) in [5.41, 5.74) is 0.963. The quantitative estimate of drug-likeness (QED) is 0.297. The van der Waals surface area contributed by atoms with E-state index >= 15 is 0 Å². The predicted octanol–water partition coefficient (Wildman–Crippen LogP) is 6.71. The van der Waals surface area contributed by atoms with Crippen LogP contribution in [0.15, 0.2) is 36.4 Å². The van der Waals surface area contributed by atoms with Crippen LogP contribution < -0.4 is 9.62 Å². The molecule has 0 unspecified atom stereocenters. The van der Waals surface area contributed by atoms with Crippen molar-refractivity contribution in [1.82, 2.24) is 10.2 Å². The minimum absolute atomic E-state index is 0.00652. The van der Waals surface area contributed by atoms with Gasteiger partial charge in [-0.3, -0.25) is 13.9 Å². The van der Waals surface area contributed by atoms with Crippen molar-refractivity contribution in [2.75, 3.05) is 17.1 Å². The van der Waals surface area contributed by atoms with Gasteiger partial charge in [0, 0.05) is 30.6 Å². The van der Waals surface area contributed by atoms with Crippen molar-refractivity contribution in [1.29, 1.82) is 0 Å². The third kappa shape index (κ3) is 9.15.